The summed E-state index contributed by atoms with van der Waals surface area (Å²) in [5.74, 6) is -0.524. The maximum atomic E-state index is 14.0. The van der Waals surface area contributed by atoms with Crippen molar-refractivity contribution in [2.24, 2.45) is 10.7 Å². The summed E-state index contributed by atoms with van der Waals surface area (Å²) in [5, 5.41) is 1.01. The van der Waals surface area contributed by atoms with Crippen LogP contribution in [0.15, 0.2) is 41.5 Å². The molecule has 1 atom stereocenters. The minimum Gasteiger partial charge on any atom is -0.379 e. The van der Waals surface area contributed by atoms with E-state index < -0.39 is 5.95 Å². The maximum absolute atomic E-state index is 14.0. The predicted octanol–water partition coefficient (Wildman–Crippen LogP) is 5.05. The predicted molar refractivity (Wildman–Crippen MR) is 105 cm³/mol. The molecule has 2 aromatic rings. The number of hydrogen-bond acceptors (Lipinski definition) is 4. The van der Waals surface area contributed by atoms with Crippen molar-refractivity contribution in [3.63, 3.8) is 0 Å². The summed E-state index contributed by atoms with van der Waals surface area (Å²) >= 11 is 7.48. The summed E-state index contributed by atoms with van der Waals surface area (Å²) < 4.78 is 13.8. The van der Waals surface area contributed by atoms with E-state index in [1.54, 1.807) is 17.8 Å². The number of nitrogens with zero attached hydrogens (tertiary/aromatic N) is 2. The van der Waals surface area contributed by atoms with Crippen LogP contribution in [0, 0.1) is 5.95 Å². The second-order valence-corrected chi connectivity index (χ2v) is 7.34. The minimum atomic E-state index is -0.524. The summed E-state index contributed by atoms with van der Waals surface area (Å²) in [5.41, 5.74) is 8.12. The standard InChI is InChI=1S/C16H15ClFN3S.2ClH/c1-16(5-6-20-15(19)22-16)11-4-2-3-10(7-11)13-8-12(17)9-21-14(13)18;;/h2-4,7-9H,5-6H2,1H3,(H2,19,20);2*1H/t16-;;/m0../s1. The van der Waals surface area contributed by atoms with Crippen LogP contribution in [0.4, 0.5) is 4.39 Å². The van der Waals surface area contributed by atoms with Gasteiger partial charge in [0.15, 0.2) is 5.17 Å². The van der Waals surface area contributed by atoms with Crippen LogP contribution >= 0.6 is 48.2 Å². The largest absolute Gasteiger partial charge is 0.379 e. The number of rotatable bonds is 2. The average Bonchev–Trinajstić information content (AvgIpc) is 2.50. The van der Waals surface area contributed by atoms with Gasteiger partial charge in [0.1, 0.15) is 0 Å². The molecule has 0 saturated carbocycles. The molecule has 24 heavy (non-hydrogen) atoms. The molecule has 8 heteroatoms. The van der Waals surface area contributed by atoms with Crippen LogP contribution in [0.1, 0.15) is 18.9 Å². The van der Waals surface area contributed by atoms with E-state index in [1.165, 1.54) is 6.20 Å². The molecule has 0 radical (unpaired) electrons. The maximum Gasteiger partial charge on any atom is 0.220 e. The number of nitrogens with two attached hydrogens (primary N) is 1. The molecule has 130 valence electrons. The van der Waals surface area contributed by atoms with Gasteiger partial charge in [-0.05, 0) is 36.6 Å². The number of aromatic nitrogens is 1. The minimum absolute atomic E-state index is 0. The van der Waals surface area contributed by atoms with E-state index >= 15 is 0 Å². The van der Waals surface area contributed by atoms with Crippen LogP contribution in [0.25, 0.3) is 11.1 Å². The fourth-order valence-electron chi connectivity index (χ4n) is 2.54. The highest BCUT2D eigenvalue weighted by atomic mass is 35.5. The lowest BCUT2D eigenvalue weighted by Crippen LogP contribution is -2.28. The van der Waals surface area contributed by atoms with Gasteiger partial charge in [-0.1, -0.05) is 41.6 Å². The Hall–Kier alpha value is -1.01. The smallest absolute Gasteiger partial charge is 0.220 e. The van der Waals surface area contributed by atoms with Gasteiger partial charge in [-0.15, -0.1) is 24.8 Å². The molecular formula is C16H17Cl3FN3S. The first-order chi connectivity index (χ1) is 10.5. The van der Waals surface area contributed by atoms with Crippen molar-refractivity contribution in [3.05, 3.63) is 53.1 Å². The highest BCUT2D eigenvalue weighted by Gasteiger charge is 2.31. The fourth-order valence-corrected chi connectivity index (χ4v) is 3.75. The molecule has 0 unspecified atom stereocenters. The Balaban J connectivity index is 0.00000144. The molecule has 2 heterocycles. The second-order valence-electron chi connectivity index (χ2n) is 5.38. The van der Waals surface area contributed by atoms with Crippen molar-refractivity contribution >= 4 is 53.3 Å². The van der Waals surface area contributed by atoms with Crippen LogP contribution in [0.2, 0.25) is 5.02 Å². The number of pyridine rings is 1. The fraction of sp³-hybridized carbons (Fsp3) is 0.250. The zero-order valence-electron chi connectivity index (χ0n) is 12.8. The molecule has 0 fully saturated rings. The summed E-state index contributed by atoms with van der Waals surface area (Å²) in [6.45, 7) is 2.83. The van der Waals surface area contributed by atoms with Crippen molar-refractivity contribution in [1.29, 1.82) is 0 Å². The van der Waals surface area contributed by atoms with Gasteiger partial charge in [-0.25, -0.2) is 4.98 Å². The number of aliphatic imine (C=N–C) groups is 1. The summed E-state index contributed by atoms with van der Waals surface area (Å²) in [6, 6.07) is 9.37. The molecule has 0 aliphatic carbocycles. The van der Waals surface area contributed by atoms with Gasteiger partial charge >= 0.3 is 0 Å². The van der Waals surface area contributed by atoms with Crippen molar-refractivity contribution in [2.75, 3.05) is 6.54 Å². The molecule has 0 saturated heterocycles. The summed E-state index contributed by atoms with van der Waals surface area (Å²) in [4.78, 5) is 7.91. The Morgan fingerprint density at radius 1 is 1.29 bits per heavy atom. The Morgan fingerprint density at radius 2 is 2.04 bits per heavy atom. The normalized spacial score (nSPS) is 19.7. The van der Waals surface area contributed by atoms with Crippen LogP contribution in [-0.4, -0.2) is 16.7 Å². The third kappa shape index (κ3) is 4.33. The first kappa shape index (κ1) is 21.0. The van der Waals surface area contributed by atoms with Crippen molar-refractivity contribution in [1.82, 2.24) is 4.98 Å². The third-order valence-electron chi connectivity index (χ3n) is 3.78. The molecular weight excluding hydrogens is 392 g/mol. The Bertz CT molecular complexity index is 757. The topological polar surface area (TPSA) is 51.3 Å². The van der Waals surface area contributed by atoms with E-state index in [0.29, 0.717) is 22.3 Å². The van der Waals surface area contributed by atoms with Gasteiger partial charge in [-0.2, -0.15) is 4.39 Å². The quantitative estimate of drug-likeness (QED) is 0.707. The third-order valence-corrected chi connectivity index (χ3v) is 5.21. The van der Waals surface area contributed by atoms with Crippen molar-refractivity contribution < 1.29 is 4.39 Å². The highest BCUT2D eigenvalue weighted by molar-refractivity contribution is 8.14. The SMILES string of the molecule is C[C@@]1(c2cccc(-c3cc(Cl)cnc3F)c2)CCN=C(N)S1.Cl.Cl. The van der Waals surface area contributed by atoms with Crippen molar-refractivity contribution in [3.8, 4) is 11.1 Å². The van der Waals surface area contributed by atoms with Crippen LogP contribution < -0.4 is 5.73 Å². The molecule has 1 aromatic carbocycles. The Morgan fingerprint density at radius 3 is 2.75 bits per heavy atom. The molecule has 0 bridgehead atoms. The number of thioether (sulfide) groups is 1. The van der Waals surface area contributed by atoms with Gasteiger partial charge in [0.2, 0.25) is 5.95 Å². The molecule has 0 spiro atoms. The summed E-state index contributed by atoms with van der Waals surface area (Å²) in [7, 11) is 0. The zero-order valence-corrected chi connectivity index (χ0v) is 16.0. The number of hydrogen-bond donors (Lipinski definition) is 1. The number of amidine groups is 1. The molecule has 3 nitrogen and oxygen atoms in total. The summed E-state index contributed by atoms with van der Waals surface area (Å²) in [6.07, 6.45) is 2.19. The van der Waals surface area contributed by atoms with Gasteiger partial charge < -0.3 is 5.73 Å². The van der Waals surface area contributed by atoms with Crippen LogP contribution in [0.5, 0.6) is 0 Å². The molecule has 3 rings (SSSR count). The lowest BCUT2D eigenvalue weighted by atomic mass is 9.93. The first-order valence-electron chi connectivity index (χ1n) is 6.89. The van der Waals surface area contributed by atoms with Crippen LogP contribution in [-0.2, 0) is 4.75 Å². The lowest BCUT2D eigenvalue weighted by Gasteiger charge is -2.31. The molecule has 1 aliphatic rings. The molecule has 1 aromatic heterocycles. The van der Waals surface area contributed by atoms with E-state index in [1.807, 2.05) is 24.3 Å². The van der Waals surface area contributed by atoms with Gasteiger partial charge in [0.05, 0.1) is 5.02 Å². The first-order valence-corrected chi connectivity index (χ1v) is 8.08. The lowest BCUT2D eigenvalue weighted by molar-refractivity contribution is 0.587. The van der Waals surface area contributed by atoms with E-state index in [9.17, 15) is 4.39 Å². The molecule has 2 N–H and O–H groups in total. The average molecular weight is 409 g/mol. The van der Waals surface area contributed by atoms with E-state index in [-0.39, 0.29) is 29.6 Å². The number of benzene rings is 1. The Kier molecular flexibility index (Phi) is 7.35. The van der Waals surface area contributed by atoms with E-state index in [2.05, 4.69) is 16.9 Å². The Labute approximate surface area is 162 Å². The van der Waals surface area contributed by atoms with E-state index in [0.717, 1.165) is 17.5 Å². The van der Waals surface area contributed by atoms with Gasteiger partial charge in [-0.3, -0.25) is 4.99 Å². The van der Waals surface area contributed by atoms with E-state index in [4.69, 9.17) is 17.3 Å². The molecule has 1 aliphatic heterocycles. The van der Waals surface area contributed by atoms with Gasteiger partial charge in [0, 0.05) is 23.1 Å². The number of halogens is 4. The van der Waals surface area contributed by atoms with Gasteiger partial charge in [0.25, 0.3) is 0 Å². The molecule has 0 amide bonds. The monoisotopic (exact) mass is 407 g/mol. The highest BCUT2D eigenvalue weighted by Crippen LogP contribution is 2.42. The second kappa shape index (κ2) is 8.39. The van der Waals surface area contributed by atoms with Crippen LogP contribution in [0.3, 0.4) is 0 Å². The van der Waals surface area contributed by atoms with Crippen molar-refractivity contribution in [2.45, 2.75) is 18.1 Å². The zero-order chi connectivity index (χ0) is 15.7.